The van der Waals surface area contributed by atoms with Gasteiger partial charge in [-0.3, -0.25) is 0 Å². The molecule has 0 aromatic heterocycles. The Labute approximate surface area is 103 Å². The van der Waals surface area contributed by atoms with E-state index in [0.29, 0.717) is 0 Å². The minimum absolute atomic E-state index is 1.01. The van der Waals surface area contributed by atoms with Crippen LogP contribution in [0, 0.1) is 0 Å². The predicted octanol–water partition coefficient (Wildman–Crippen LogP) is 3.99. The normalized spacial score (nSPS) is 8.33. The molecule has 0 atom stereocenters. The third kappa shape index (κ3) is 14.1. The number of hydrogen-bond acceptors (Lipinski definition) is 6. The van der Waals surface area contributed by atoms with Crippen LogP contribution in [0.1, 0.15) is 0 Å². The highest BCUT2D eigenvalue weighted by Gasteiger charge is 1.82. The van der Waals surface area contributed by atoms with Gasteiger partial charge in [0.1, 0.15) is 7.06 Å². The van der Waals surface area contributed by atoms with Crippen LogP contribution in [0.25, 0.3) is 0 Å². The summed E-state index contributed by atoms with van der Waals surface area (Å²) in [5.41, 5.74) is 0. The number of hydrogen-bond donors (Lipinski definition) is 0. The maximum atomic E-state index is 4.78. The summed E-state index contributed by atoms with van der Waals surface area (Å²) in [6, 6.07) is 0. The van der Waals surface area contributed by atoms with Crippen LogP contribution in [0.5, 0.6) is 0 Å². The summed E-state index contributed by atoms with van der Waals surface area (Å²) in [6.07, 6.45) is 7.94. The Kier molecular flexibility index (Phi) is 16.8. The van der Waals surface area contributed by atoms with Crippen LogP contribution in [0.2, 0.25) is 0 Å². The molecule has 0 unspecified atom stereocenters. The smallest absolute Gasteiger partial charge is 0.103 e. The second kappa shape index (κ2) is 12.6. The molecule has 0 radical (unpaired) electrons. The van der Waals surface area contributed by atoms with Crippen molar-refractivity contribution in [3.05, 3.63) is 0 Å². The maximum Gasteiger partial charge on any atom is 0.103 e. The highest BCUT2D eigenvalue weighted by Crippen LogP contribution is 2.09. The standard InChI is InChI=1S/2C3H6S3/c2*1-5-3(4)6-2/h2*1-2H3. The third-order valence-corrected chi connectivity index (χ3v) is 6.00. The molecule has 0 aliphatic carbocycles. The van der Waals surface area contributed by atoms with Crippen LogP contribution in [0.15, 0.2) is 0 Å². The summed E-state index contributed by atoms with van der Waals surface area (Å²) in [5, 5.41) is 0. The fraction of sp³-hybridized carbons (Fsp3) is 0.667. The lowest BCUT2D eigenvalue weighted by molar-refractivity contribution is 2.52. The summed E-state index contributed by atoms with van der Waals surface area (Å²) >= 11 is 16.0. The maximum absolute atomic E-state index is 4.78. The van der Waals surface area contributed by atoms with Gasteiger partial charge in [-0.1, -0.05) is 24.4 Å². The van der Waals surface area contributed by atoms with Crippen molar-refractivity contribution in [3.8, 4) is 0 Å². The van der Waals surface area contributed by atoms with Crippen molar-refractivity contribution in [2.45, 2.75) is 0 Å². The minimum Gasteiger partial charge on any atom is -0.111 e. The lowest BCUT2D eigenvalue weighted by Crippen LogP contribution is -1.69. The lowest BCUT2D eigenvalue weighted by Gasteiger charge is -1.85. The topological polar surface area (TPSA) is 0 Å². The van der Waals surface area contributed by atoms with Gasteiger partial charge in [0.15, 0.2) is 0 Å². The molecule has 12 heavy (non-hydrogen) atoms. The molecule has 0 heterocycles. The molecule has 0 N–H and O–H groups in total. The quantitative estimate of drug-likeness (QED) is 0.609. The predicted molar refractivity (Wildman–Crippen MR) is 79.3 cm³/mol. The molecule has 0 saturated heterocycles. The van der Waals surface area contributed by atoms with Crippen LogP contribution in [-0.2, 0) is 0 Å². The van der Waals surface area contributed by atoms with Gasteiger partial charge in [0.05, 0.1) is 0 Å². The van der Waals surface area contributed by atoms with E-state index in [1.54, 1.807) is 47.0 Å². The van der Waals surface area contributed by atoms with E-state index in [9.17, 15) is 0 Å². The molecule has 6 heteroatoms. The first-order valence-electron chi connectivity index (χ1n) is 2.86. The van der Waals surface area contributed by atoms with Crippen molar-refractivity contribution in [1.29, 1.82) is 0 Å². The fourth-order valence-electron chi connectivity index (χ4n) is 0.167. The van der Waals surface area contributed by atoms with Crippen LogP contribution in [0.4, 0.5) is 0 Å². The van der Waals surface area contributed by atoms with Crippen molar-refractivity contribution < 1.29 is 0 Å². The largest absolute Gasteiger partial charge is 0.111 e. The van der Waals surface area contributed by atoms with Gasteiger partial charge in [0.2, 0.25) is 0 Å². The zero-order valence-electron chi connectivity index (χ0n) is 7.45. The van der Waals surface area contributed by atoms with Gasteiger partial charge >= 0.3 is 0 Å². The molecule has 0 rings (SSSR count). The number of thioether (sulfide) groups is 4. The Balaban J connectivity index is 0. The molecular formula is C6H12S6. The van der Waals surface area contributed by atoms with Crippen molar-refractivity contribution in [2.75, 3.05) is 25.0 Å². The molecular weight excluding hydrogens is 264 g/mol. The van der Waals surface area contributed by atoms with E-state index >= 15 is 0 Å². The number of thiocarbonyl (C=S) groups is 2. The zero-order valence-corrected chi connectivity index (χ0v) is 12.3. The van der Waals surface area contributed by atoms with E-state index < -0.39 is 0 Å². The molecule has 0 aliphatic heterocycles. The van der Waals surface area contributed by atoms with E-state index in [-0.39, 0.29) is 0 Å². The van der Waals surface area contributed by atoms with Gasteiger partial charge in [0, 0.05) is 0 Å². The van der Waals surface area contributed by atoms with Crippen LogP contribution >= 0.6 is 71.5 Å². The van der Waals surface area contributed by atoms with E-state index in [2.05, 4.69) is 0 Å². The van der Waals surface area contributed by atoms with Crippen LogP contribution in [0.3, 0.4) is 0 Å². The Morgan fingerprint density at radius 2 is 0.833 bits per heavy atom. The molecule has 0 aliphatic rings. The van der Waals surface area contributed by atoms with E-state index in [1.807, 2.05) is 25.0 Å². The SMILES string of the molecule is CSC(=S)SC.CSC(=S)SC. The fourth-order valence-corrected chi connectivity index (χ4v) is 1.50. The number of rotatable bonds is 0. The van der Waals surface area contributed by atoms with Crippen molar-refractivity contribution in [1.82, 2.24) is 0 Å². The van der Waals surface area contributed by atoms with Gasteiger partial charge in [-0.05, 0) is 25.0 Å². The van der Waals surface area contributed by atoms with Crippen molar-refractivity contribution >= 4 is 78.5 Å². The average molecular weight is 277 g/mol. The molecule has 0 aromatic rings. The summed E-state index contributed by atoms with van der Waals surface area (Å²) in [7, 11) is 0. The summed E-state index contributed by atoms with van der Waals surface area (Å²) in [5.74, 6) is 0. The molecule has 0 bridgehead atoms. The van der Waals surface area contributed by atoms with Gasteiger partial charge in [-0.2, -0.15) is 0 Å². The first-order valence-corrected chi connectivity index (χ1v) is 8.57. The Morgan fingerprint density at radius 3 is 0.833 bits per heavy atom. The molecule has 0 saturated carbocycles. The minimum atomic E-state index is 1.01. The first kappa shape index (κ1) is 16.0. The summed E-state index contributed by atoms with van der Waals surface area (Å²) in [6.45, 7) is 0. The van der Waals surface area contributed by atoms with Crippen LogP contribution < -0.4 is 0 Å². The average Bonchev–Trinajstić information content (AvgIpc) is 2.16. The zero-order chi connectivity index (χ0) is 9.98. The Morgan fingerprint density at radius 1 is 0.667 bits per heavy atom. The van der Waals surface area contributed by atoms with Gasteiger partial charge in [-0.25, -0.2) is 0 Å². The highest BCUT2D eigenvalue weighted by atomic mass is 32.2. The molecule has 0 fully saturated rings. The van der Waals surface area contributed by atoms with Crippen molar-refractivity contribution in [3.63, 3.8) is 0 Å². The monoisotopic (exact) mass is 276 g/mol. The highest BCUT2D eigenvalue weighted by molar-refractivity contribution is 8.47. The first-order chi connectivity index (χ1) is 5.62. The Bertz CT molecular complexity index is 104. The summed E-state index contributed by atoms with van der Waals surface area (Å²) in [4.78, 5) is 0. The van der Waals surface area contributed by atoms with Gasteiger partial charge < -0.3 is 0 Å². The molecule has 72 valence electrons. The van der Waals surface area contributed by atoms with E-state index in [1.165, 1.54) is 0 Å². The van der Waals surface area contributed by atoms with Gasteiger partial charge in [0.25, 0.3) is 0 Å². The second-order valence-corrected chi connectivity index (χ2v) is 6.95. The Hall–Kier alpha value is 1.58. The molecule has 0 aromatic carbocycles. The third-order valence-electron chi connectivity index (χ3n) is 0.667. The molecule has 0 amide bonds. The van der Waals surface area contributed by atoms with E-state index in [4.69, 9.17) is 24.4 Å². The summed E-state index contributed by atoms with van der Waals surface area (Å²) < 4.78 is 2.02. The van der Waals surface area contributed by atoms with Gasteiger partial charge in [-0.15, -0.1) is 47.0 Å². The lowest BCUT2D eigenvalue weighted by atomic mass is 11.8. The second-order valence-electron chi connectivity index (χ2n) is 1.32. The van der Waals surface area contributed by atoms with Crippen LogP contribution in [-0.4, -0.2) is 32.1 Å². The van der Waals surface area contributed by atoms with Crippen molar-refractivity contribution in [2.24, 2.45) is 0 Å². The molecule has 0 nitrogen and oxygen atoms in total. The molecule has 0 spiro atoms. The van der Waals surface area contributed by atoms with E-state index in [0.717, 1.165) is 7.06 Å².